The number of benzene rings is 3. The Kier molecular flexibility index (Phi) is 6.04. The van der Waals surface area contributed by atoms with Crippen LogP contribution in [0.4, 0.5) is 10.1 Å². The fourth-order valence-electron chi connectivity index (χ4n) is 3.77. The van der Waals surface area contributed by atoms with Gasteiger partial charge in [-0.15, -0.1) is 0 Å². The molecule has 0 saturated heterocycles. The van der Waals surface area contributed by atoms with E-state index in [4.69, 9.17) is 23.2 Å². The van der Waals surface area contributed by atoms with E-state index in [2.05, 4.69) is 5.32 Å². The molecule has 3 aromatic carbocycles. The first-order valence-electron chi connectivity index (χ1n) is 9.89. The van der Waals surface area contributed by atoms with E-state index in [0.717, 1.165) is 22.7 Å². The van der Waals surface area contributed by atoms with Gasteiger partial charge in [0.15, 0.2) is 0 Å². The van der Waals surface area contributed by atoms with Gasteiger partial charge < -0.3 is 9.88 Å². The third-order valence-corrected chi connectivity index (χ3v) is 5.93. The molecule has 0 unspecified atom stereocenters. The van der Waals surface area contributed by atoms with Gasteiger partial charge >= 0.3 is 0 Å². The number of anilines is 1. The number of amides is 1. The lowest BCUT2D eigenvalue weighted by Crippen LogP contribution is -2.23. The van der Waals surface area contributed by atoms with Crippen molar-refractivity contribution >= 4 is 51.5 Å². The zero-order valence-electron chi connectivity index (χ0n) is 17.4. The largest absolute Gasteiger partial charge is 0.340 e. The summed E-state index contributed by atoms with van der Waals surface area (Å²) >= 11 is 12.4. The fraction of sp³-hybridized carbons (Fsp3) is 0.120. The first-order valence-corrected chi connectivity index (χ1v) is 10.6. The Balaban J connectivity index is 1.77. The SMILES string of the molecule is Cc1ccc2c(c1)c(C(=O)C(=O)Nc1cccc(F)c1)c(C)n2Cc1ccc(Cl)cc1Cl. The zero-order valence-corrected chi connectivity index (χ0v) is 18.9. The minimum Gasteiger partial charge on any atom is -0.340 e. The lowest BCUT2D eigenvalue weighted by molar-refractivity contribution is -0.112. The summed E-state index contributed by atoms with van der Waals surface area (Å²) in [7, 11) is 0. The lowest BCUT2D eigenvalue weighted by Gasteiger charge is -2.11. The van der Waals surface area contributed by atoms with Crippen LogP contribution in [0.1, 0.15) is 27.2 Å². The highest BCUT2D eigenvalue weighted by Crippen LogP contribution is 2.30. The van der Waals surface area contributed by atoms with Gasteiger partial charge in [-0.25, -0.2) is 4.39 Å². The number of carbonyl (C=O) groups is 2. The van der Waals surface area contributed by atoms with Crippen molar-refractivity contribution in [2.24, 2.45) is 0 Å². The monoisotopic (exact) mass is 468 g/mol. The molecule has 1 aromatic heterocycles. The molecule has 0 aliphatic heterocycles. The summed E-state index contributed by atoms with van der Waals surface area (Å²) in [6.45, 7) is 4.12. The van der Waals surface area contributed by atoms with Gasteiger partial charge in [0, 0.05) is 38.9 Å². The number of Topliss-reactive ketones (excluding diaryl/α,β-unsaturated/α-hetero) is 1. The zero-order chi connectivity index (χ0) is 23.0. The Morgan fingerprint density at radius 1 is 1.00 bits per heavy atom. The molecule has 0 atom stereocenters. The molecular weight excluding hydrogens is 450 g/mol. The predicted molar refractivity (Wildman–Crippen MR) is 126 cm³/mol. The van der Waals surface area contributed by atoms with Crippen LogP contribution in [0.15, 0.2) is 60.7 Å². The van der Waals surface area contributed by atoms with Gasteiger partial charge in [0.1, 0.15) is 5.82 Å². The van der Waals surface area contributed by atoms with Crippen LogP contribution >= 0.6 is 23.2 Å². The maximum Gasteiger partial charge on any atom is 0.296 e. The van der Waals surface area contributed by atoms with Gasteiger partial charge in [-0.2, -0.15) is 0 Å². The molecule has 1 amide bonds. The fourth-order valence-corrected chi connectivity index (χ4v) is 4.24. The van der Waals surface area contributed by atoms with Crippen molar-refractivity contribution in [1.29, 1.82) is 0 Å². The average molecular weight is 469 g/mol. The molecular formula is C25H19Cl2FN2O2. The van der Waals surface area contributed by atoms with Crippen molar-refractivity contribution in [2.45, 2.75) is 20.4 Å². The van der Waals surface area contributed by atoms with Gasteiger partial charge in [-0.1, -0.05) is 47.0 Å². The Morgan fingerprint density at radius 3 is 2.50 bits per heavy atom. The standard InChI is InChI=1S/C25H19Cl2FN2O2/c1-14-6-9-22-20(10-14)23(24(31)25(32)29-19-5-3-4-18(28)12-19)15(2)30(22)13-16-7-8-17(26)11-21(16)27/h3-12H,13H2,1-2H3,(H,29,32). The highest BCUT2D eigenvalue weighted by atomic mass is 35.5. The normalized spacial score (nSPS) is 11.0. The molecule has 0 aliphatic carbocycles. The van der Waals surface area contributed by atoms with Crippen LogP contribution in [-0.4, -0.2) is 16.3 Å². The number of halogens is 3. The number of rotatable bonds is 5. The minimum absolute atomic E-state index is 0.217. The number of aryl methyl sites for hydroxylation is 1. The summed E-state index contributed by atoms with van der Waals surface area (Å²) in [4.78, 5) is 25.9. The van der Waals surface area contributed by atoms with E-state index in [-0.39, 0.29) is 5.69 Å². The average Bonchev–Trinajstić information content (AvgIpc) is 3.00. The summed E-state index contributed by atoms with van der Waals surface area (Å²) in [6, 6.07) is 16.4. The number of hydrogen-bond acceptors (Lipinski definition) is 2. The van der Waals surface area contributed by atoms with Crippen molar-refractivity contribution in [2.75, 3.05) is 5.32 Å². The van der Waals surface area contributed by atoms with E-state index in [1.807, 2.05) is 35.8 Å². The third-order valence-electron chi connectivity index (χ3n) is 5.34. The molecule has 0 fully saturated rings. The van der Waals surface area contributed by atoms with Crippen molar-refractivity contribution in [3.05, 3.63) is 98.9 Å². The molecule has 0 aliphatic rings. The summed E-state index contributed by atoms with van der Waals surface area (Å²) in [5.41, 5.74) is 3.76. The van der Waals surface area contributed by atoms with Crippen molar-refractivity contribution in [3.8, 4) is 0 Å². The molecule has 4 rings (SSSR count). The van der Waals surface area contributed by atoms with E-state index in [9.17, 15) is 14.0 Å². The van der Waals surface area contributed by atoms with Crippen LogP contribution in [0.3, 0.4) is 0 Å². The number of nitrogens with one attached hydrogen (secondary N) is 1. The summed E-state index contributed by atoms with van der Waals surface area (Å²) < 4.78 is 15.4. The van der Waals surface area contributed by atoms with E-state index < -0.39 is 17.5 Å². The second-order valence-electron chi connectivity index (χ2n) is 7.60. The number of carbonyl (C=O) groups excluding carboxylic acids is 2. The molecule has 4 aromatic rings. The van der Waals surface area contributed by atoms with Crippen LogP contribution in [0.2, 0.25) is 10.0 Å². The molecule has 0 spiro atoms. The summed E-state index contributed by atoms with van der Waals surface area (Å²) in [5, 5.41) is 4.21. The van der Waals surface area contributed by atoms with E-state index in [0.29, 0.717) is 33.2 Å². The van der Waals surface area contributed by atoms with Crippen molar-refractivity contribution in [3.63, 3.8) is 0 Å². The van der Waals surface area contributed by atoms with Gasteiger partial charge in [-0.3, -0.25) is 9.59 Å². The maximum absolute atomic E-state index is 13.5. The van der Waals surface area contributed by atoms with Gasteiger partial charge in [-0.05, 0) is 61.9 Å². The number of hydrogen-bond donors (Lipinski definition) is 1. The van der Waals surface area contributed by atoms with Crippen molar-refractivity contribution in [1.82, 2.24) is 4.57 Å². The summed E-state index contributed by atoms with van der Waals surface area (Å²) in [5.74, 6) is -2.02. The molecule has 4 nitrogen and oxygen atoms in total. The topological polar surface area (TPSA) is 51.1 Å². The second kappa shape index (κ2) is 8.77. The molecule has 1 N–H and O–H groups in total. The quantitative estimate of drug-likeness (QED) is 0.265. The van der Waals surface area contributed by atoms with Crippen LogP contribution in [0, 0.1) is 19.7 Å². The number of fused-ring (bicyclic) bond motifs is 1. The Labute approximate surface area is 194 Å². The van der Waals surface area contributed by atoms with Crippen LogP contribution in [0.5, 0.6) is 0 Å². The molecule has 0 radical (unpaired) electrons. The first-order chi connectivity index (χ1) is 15.2. The molecule has 162 valence electrons. The minimum atomic E-state index is -0.830. The highest BCUT2D eigenvalue weighted by Gasteiger charge is 2.25. The Morgan fingerprint density at radius 2 is 1.78 bits per heavy atom. The van der Waals surface area contributed by atoms with Gasteiger partial charge in [0.2, 0.25) is 0 Å². The highest BCUT2D eigenvalue weighted by molar-refractivity contribution is 6.48. The molecule has 0 saturated carbocycles. The van der Waals surface area contributed by atoms with Gasteiger partial charge in [0.05, 0.1) is 5.56 Å². The molecule has 0 bridgehead atoms. The molecule has 1 heterocycles. The van der Waals surface area contributed by atoms with Gasteiger partial charge in [0.25, 0.3) is 11.7 Å². The van der Waals surface area contributed by atoms with Crippen molar-refractivity contribution < 1.29 is 14.0 Å². The molecule has 7 heteroatoms. The number of ketones is 1. The van der Waals surface area contributed by atoms with Crippen LogP contribution < -0.4 is 5.32 Å². The third kappa shape index (κ3) is 4.27. The second-order valence-corrected chi connectivity index (χ2v) is 8.44. The van der Waals surface area contributed by atoms with E-state index in [1.54, 1.807) is 19.1 Å². The number of nitrogens with zero attached hydrogens (tertiary/aromatic N) is 1. The van der Waals surface area contributed by atoms with E-state index >= 15 is 0 Å². The predicted octanol–water partition coefficient (Wildman–Crippen LogP) is 6.57. The number of aromatic nitrogens is 1. The van der Waals surface area contributed by atoms with Crippen LogP contribution in [0.25, 0.3) is 10.9 Å². The molecule has 32 heavy (non-hydrogen) atoms. The lowest BCUT2D eigenvalue weighted by atomic mass is 10.0. The van der Waals surface area contributed by atoms with E-state index in [1.165, 1.54) is 18.2 Å². The summed E-state index contributed by atoms with van der Waals surface area (Å²) in [6.07, 6.45) is 0. The Bertz CT molecular complexity index is 1380. The smallest absolute Gasteiger partial charge is 0.296 e. The maximum atomic E-state index is 13.5. The first kappa shape index (κ1) is 22.1. The van der Waals surface area contributed by atoms with Crippen LogP contribution in [-0.2, 0) is 11.3 Å². The Hall–Kier alpha value is -3.15.